The molecule has 1 aromatic heterocycles. The molecular formula is C18H16Cl2N4O2. The Kier molecular flexibility index (Phi) is 6.89. The van der Waals surface area contributed by atoms with E-state index in [0.717, 1.165) is 11.1 Å². The molecule has 0 saturated heterocycles. The van der Waals surface area contributed by atoms with E-state index < -0.39 is 5.97 Å². The molecule has 0 unspecified atom stereocenters. The molecule has 0 amide bonds. The van der Waals surface area contributed by atoms with Gasteiger partial charge in [-0.25, -0.2) is 14.5 Å². The van der Waals surface area contributed by atoms with E-state index in [0.29, 0.717) is 22.8 Å². The third kappa shape index (κ3) is 5.15. The highest BCUT2D eigenvalue weighted by atomic mass is 35.5. The van der Waals surface area contributed by atoms with E-state index in [-0.39, 0.29) is 12.4 Å². The number of nitrogens with zero attached hydrogens (tertiary/aromatic N) is 4. The Balaban J connectivity index is 0.00000243. The third-order valence-corrected chi connectivity index (χ3v) is 3.73. The van der Waals surface area contributed by atoms with Gasteiger partial charge in [0.1, 0.15) is 18.4 Å². The first-order valence-corrected chi connectivity index (χ1v) is 7.93. The molecule has 3 aromatic rings. The lowest BCUT2D eigenvalue weighted by Gasteiger charge is -2.07. The van der Waals surface area contributed by atoms with Crippen molar-refractivity contribution in [3.63, 3.8) is 0 Å². The number of aromatic nitrogens is 3. The van der Waals surface area contributed by atoms with Gasteiger partial charge in [-0.2, -0.15) is 5.10 Å². The van der Waals surface area contributed by atoms with Crippen LogP contribution in [-0.2, 0) is 11.4 Å². The first-order chi connectivity index (χ1) is 12.1. The summed E-state index contributed by atoms with van der Waals surface area (Å²) in [4.78, 5) is 21.2. The summed E-state index contributed by atoms with van der Waals surface area (Å²) in [7, 11) is 0. The molecule has 26 heavy (non-hydrogen) atoms. The SMILES string of the molecule is Cc1ccc(C(=O)ON=C(Cn2cncn2)c2ccc(Cl)cc2)cc1.Cl. The van der Waals surface area contributed by atoms with Crippen LogP contribution in [0, 0.1) is 6.92 Å². The van der Waals surface area contributed by atoms with Crippen molar-refractivity contribution in [2.45, 2.75) is 13.5 Å². The first kappa shape index (κ1) is 19.6. The fourth-order valence-corrected chi connectivity index (χ4v) is 2.25. The minimum atomic E-state index is -0.523. The number of oxime groups is 1. The van der Waals surface area contributed by atoms with Gasteiger partial charge in [0.25, 0.3) is 0 Å². The van der Waals surface area contributed by atoms with E-state index in [2.05, 4.69) is 15.2 Å². The molecule has 3 rings (SSSR count). The van der Waals surface area contributed by atoms with E-state index in [1.807, 2.05) is 19.1 Å². The maximum Gasteiger partial charge on any atom is 0.365 e. The zero-order valence-electron chi connectivity index (χ0n) is 13.9. The van der Waals surface area contributed by atoms with Crippen LogP contribution in [0.5, 0.6) is 0 Å². The fraction of sp³-hybridized carbons (Fsp3) is 0.111. The summed E-state index contributed by atoms with van der Waals surface area (Å²) in [6.07, 6.45) is 2.99. The quantitative estimate of drug-likeness (QED) is 0.376. The van der Waals surface area contributed by atoms with Gasteiger partial charge in [0.2, 0.25) is 0 Å². The van der Waals surface area contributed by atoms with Crippen molar-refractivity contribution >= 4 is 35.7 Å². The molecule has 0 aliphatic rings. The van der Waals surface area contributed by atoms with Gasteiger partial charge in [0.15, 0.2) is 0 Å². The minimum Gasteiger partial charge on any atom is -0.312 e. The number of aryl methyl sites for hydroxylation is 1. The Morgan fingerprint density at radius 2 is 1.77 bits per heavy atom. The molecule has 6 nitrogen and oxygen atoms in total. The van der Waals surface area contributed by atoms with E-state index in [1.54, 1.807) is 47.4 Å². The Morgan fingerprint density at radius 3 is 2.38 bits per heavy atom. The molecule has 1 heterocycles. The lowest BCUT2D eigenvalue weighted by Crippen LogP contribution is -2.14. The van der Waals surface area contributed by atoms with Crippen LogP contribution in [0.2, 0.25) is 5.02 Å². The summed E-state index contributed by atoms with van der Waals surface area (Å²) in [5.41, 5.74) is 2.80. The van der Waals surface area contributed by atoms with Crippen molar-refractivity contribution in [1.82, 2.24) is 14.8 Å². The highest BCUT2D eigenvalue weighted by Gasteiger charge is 2.11. The van der Waals surface area contributed by atoms with Gasteiger partial charge in [0.05, 0.1) is 12.1 Å². The van der Waals surface area contributed by atoms with Gasteiger partial charge in [-0.15, -0.1) is 12.4 Å². The van der Waals surface area contributed by atoms with E-state index in [4.69, 9.17) is 16.4 Å². The topological polar surface area (TPSA) is 69.4 Å². The fourth-order valence-electron chi connectivity index (χ4n) is 2.12. The maximum atomic E-state index is 12.2. The summed E-state index contributed by atoms with van der Waals surface area (Å²) in [5.74, 6) is -0.523. The van der Waals surface area contributed by atoms with Crippen LogP contribution >= 0.6 is 24.0 Å². The zero-order chi connectivity index (χ0) is 17.6. The molecule has 0 spiro atoms. The Bertz CT molecular complexity index is 877. The van der Waals surface area contributed by atoms with Crippen molar-refractivity contribution in [2.24, 2.45) is 5.16 Å². The molecule has 0 saturated carbocycles. The van der Waals surface area contributed by atoms with Crippen molar-refractivity contribution in [3.8, 4) is 0 Å². The summed E-state index contributed by atoms with van der Waals surface area (Å²) < 4.78 is 1.59. The van der Waals surface area contributed by atoms with Gasteiger partial charge in [-0.05, 0) is 31.2 Å². The largest absolute Gasteiger partial charge is 0.365 e. The average molecular weight is 391 g/mol. The van der Waals surface area contributed by atoms with Crippen LogP contribution in [0.4, 0.5) is 0 Å². The van der Waals surface area contributed by atoms with Crippen LogP contribution in [-0.4, -0.2) is 26.4 Å². The van der Waals surface area contributed by atoms with E-state index in [9.17, 15) is 4.79 Å². The average Bonchev–Trinajstić information content (AvgIpc) is 3.13. The molecule has 0 fully saturated rings. The monoisotopic (exact) mass is 390 g/mol. The molecular weight excluding hydrogens is 375 g/mol. The first-order valence-electron chi connectivity index (χ1n) is 7.55. The Hall–Kier alpha value is -2.70. The van der Waals surface area contributed by atoms with Crippen LogP contribution in [0.1, 0.15) is 21.5 Å². The predicted molar refractivity (Wildman–Crippen MR) is 102 cm³/mol. The number of hydrogen-bond acceptors (Lipinski definition) is 5. The number of carbonyl (C=O) groups is 1. The molecule has 0 radical (unpaired) electrons. The number of halogens is 2. The third-order valence-electron chi connectivity index (χ3n) is 3.48. The highest BCUT2D eigenvalue weighted by molar-refractivity contribution is 6.30. The van der Waals surface area contributed by atoms with E-state index >= 15 is 0 Å². The Labute approximate surface area is 161 Å². The van der Waals surface area contributed by atoms with Crippen molar-refractivity contribution < 1.29 is 9.63 Å². The summed E-state index contributed by atoms with van der Waals surface area (Å²) in [6.45, 7) is 2.26. The van der Waals surface area contributed by atoms with Crippen molar-refractivity contribution in [3.05, 3.63) is 82.9 Å². The van der Waals surface area contributed by atoms with Gasteiger partial charge in [-0.3, -0.25) is 0 Å². The summed E-state index contributed by atoms with van der Waals surface area (Å²) in [6, 6.07) is 14.2. The molecule has 2 aromatic carbocycles. The van der Waals surface area contributed by atoms with Gasteiger partial charge < -0.3 is 4.84 Å². The van der Waals surface area contributed by atoms with Crippen molar-refractivity contribution in [2.75, 3.05) is 0 Å². The van der Waals surface area contributed by atoms with Crippen LogP contribution < -0.4 is 0 Å². The lowest BCUT2D eigenvalue weighted by atomic mass is 10.1. The predicted octanol–water partition coefficient (Wildman–Crippen LogP) is 3.92. The molecule has 0 aliphatic carbocycles. The second kappa shape index (κ2) is 9.12. The van der Waals surface area contributed by atoms with Crippen LogP contribution in [0.3, 0.4) is 0 Å². The second-order valence-corrected chi connectivity index (χ2v) is 5.82. The summed E-state index contributed by atoms with van der Waals surface area (Å²) >= 11 is 5.93. The molecule has 0 aliphatic heterocycles. The lowest BCUT2D eigenvalue weighted by molar-refractivity contribution is 0.0515. The highest BCUT2D eigenvalue weighted by Crippen LogP contribution is 2.12. The minimum absolute atomic E-state index is 0. The summed E-state index contributed by atoms with van der Waals surface area (Å²) in [5, 5.41) is 8.70. The molecule has 8 heteroatoms. The molecule has 134 valence electrons. The van der Waals surface area contributed by atoms with Crippen molar-refractivity contribution in [1.29, 1.82) is 0 Å². The number of hydrogen-bond donors (Lipinski definition) is 0. The number of carbonyl (C=O) groups excluding carboxylic acids is 1. The van der Waals surface area contributed by atoms with Gasteiger partial charge in [-0.1, -0.05) is 46.6 Å². The van der Waals surface area contributed by atoms with Gasteiger partial charge in [0, 0.05) is 10.6 Å². The Morgan fingerprint density at radius 1 is 1.12 bits per heavy atom. The standard InChI is InChI=1S/C18H15ClN4O2.ClH/c1-13-2-4-15(5-3-13)18(24)25-22-17(10-23-12-20-11-21-23)14-6-8-16(19)9-7-14;/h2-9,11-12H,10H2,1H3;1H. The second-order valence-electron chi connectivity index (χ2n) is 5.38. The maximum absolute atomic E-state index is 12.2. The van der Waals surface area contributed by atoms with Crippen LogP contribution in [0.25, 0.3) is 0 Å². The van der Waals surface area contributed by atoms with Crippen LogP contribution in [0.15, 0.2) is 66.3 Å². The number of rotatable bonds is 5. The molecule has 0 bridgehead atoms. The normalized spacial score (nSPS) is 10.9. The van der Waals surface area contributed by atoms with Gasteiger partial charge >= 0.3 is 5.97 Å². The number of benzene rings is 2. The molecule has 0 atom stereocenters. The smallest absolute Gasteiger partial charge is 0.312 e. The zero-order valence-corrected chi connectivity index (χ0v) is 15.4. The molecule has 0 N–H and O–H groups in total. The van der Waals surface area contributed by atoms with E-state index in [1.165, 1.54) is 6.33 Å².